The van der Waals surface area contributed by atoms with Gasteiger partial charge in [-0.05, 0) is 100 Å². The van der Waals surface area contributed by atoms with Crippen LogP contribution < -0.4 is 0 Å². The van der Waals surface area contributed by atoms with Crippen molar-refractivity contribution in [3.63, 3.8) is 0 Å². The van der Waals surface area contributed by atoms with Crippen LogP contribution in [-0.4, -0.2) is 9.13 Å². The molecule has 0 bridgehead atoms. The number of hydrogen-bond donors (Lipinski definition) is 0. The normalized spacial score (nSPS) is 13.0. The smallest absolute Gasteiger partial charge is 0.0645 e. The van der Waals surface area contributed by atoms with Gasteiger partial charge in [0.1, 0.15) is 0 Å². The third-order valence-electron chi connectivity index (χ3n) is 9.80. The average molecular weight is 642 g/mol. The highest BCUT2D eigenvalue weighted by Gasteiger charge is 2.16. The summed E-state index contributed by atoms with van der Waals surface area (Å²) in [4.78, 5) is 0. The van der Waals surface area contributed by atoms with Crippen LogP contribution >= 0.6 is 0 Å². The average Bonchev–Trinajstić information content (AvgIpc) is 3.75. The Kier molecular flexibility index (Phi) is 5.44. The molecule has 0 saturated carbocycles. The molecule has 0 atom stereocenters. The Morgan fingerprint density at radius 3 is 1.40 bits per heavy atom. The monoisotopic (exact) mass is 641 g/mol. The Labute approximate surface area is 297 Å². The lowest BCUT2D eigenvalue weighted by molar-refractivity contribution is 1.18. The van der Waals surface area contributed by atoms with Crippen molar-refractivity contribution in [2.24, 2.45) is 0 Å². The number of hydrogen-bond acceptors (Lipinski definition) is 0. The molecule has 2 aromatic heterocycles. The van der Waals surface area contributed by atoms with Gasteiger partial charge in [-0.3, -0.25) is 0 Å². The van der Waals surface area contributed by atoms with Crippen molar-refractivity contribution in [2.75, 3.05) is 0 Å². The topological polar surface area (TPSA) is 9.86 Å². The van der Waals surface area contributed by atoms with Crippen molar-refractivity contribution in [1.29, 1.82) is 0 Å². The van der Waals surface area contributed by atoms with Crippen LogP contribution in [0.3, 0.4) is 0 Å². The first kappa shape index (κ1) is 23.6. The van der Waals surface area contributed by atoms with Crippen LogP contribution in [0.4, 0.5) is 0 Å². The van der Waals surface area contributed by atoms with E-state index in [-0.39, 0.29) is 29.9 Å². The molecule has 2 heteroatoms. The highest BCUT2D eigenvalue weighted by atomic mass is 15.0. The van der Waals surface area contributed by atoms with Crippen LogP contribution in [0.5, 0.6) is 0 Å². The summed E-state index contributed by atoms with van der Waals surface area (Å²) >= 11 is 0. The predicted octanol–water partition coefficient (Wildman–Crippen LogP) is 12.9. The third kappa shape index (κ3) is 4.57. The van der Waals surface area contributed by atoms with Gasteiger partial charge in [0, 0.05) is 32.9 Å². The van der Waals surface area contributed by atoms with E-state index >= 15 is 0 Å². The summed E-state index contributed by atoms with van der Waals surface area (Å²) in [7, 11) is 0. The van der Waals surface area contributed by atoms with Crippen molar-refractivity contribution in [3.8, 4) is 44.8 Å². The minimum absolute atomic E-state index is 0.146. The Hall–Kier alpha value is -6.64. The molecule has 8 aromatic carbocycles. The second-order valence-corrected chi connectivity index (χ2v) is 12.6. The number of fused-ring (bicyclic) bond motifs is 6. The molecule has 10 rings (SSSR count). The fourth-order valence-electron chi connectivity index (χ4n) is 7.51. The van der Waals surface area contributed by atoms with E-state index in [1.54, 1.807) is 4.57 Å². The summed E-state index contributed by atoms with van der Waals surface area (Å²) < 4.78 is 46.5. The number of para-hydroxylation sites is 3. The molecule has 0 amide bonds. The molecule has 0 spiro atoms. The van der Waals surface area contributed by atoms with Gasteiger partial charge < -0.3 is 9.13 Å². The maximum Gasteiger partial charge on any atom is 0.0645 e. The van der Waals surface area contributed by atoms with E-state index in [0.717, 1.165) is 71.6 Å². The van der Waals surface area contributed by atoms with E-state index in [0.29, 0.717) is 0 Å². The number of nitrogens with zero attached hydrogens (tertiary/aromatic N) is 2. The van der Waals surface area contributed by atoms with Gasteiger partial charge in [-0.1, -0.05) is 127 Å². The summed E-state index contributed by atoms with van der Waals surface area (Å²) in [5.74, 6) is 0. The molecule has 0 unspecified atom stereocenters. The highest BCUT2D eigenvalue weighted by molar-refractivity contribution is 6.12. The van der Waals surface area contributed by atoms with E-state index in [1.807, 2.05) is 36.4 Å². The zero-order chi connectivity index (χ0) is 37.4. The van der Waals surface area contributed by atoms with E-state index in [9.17, 15) is 0 Å². The van der Waals surface area contributed by atoms with Gasteiger partial charge in [-0.2, -0.15) is 0 Å². The van der Waals surface area contributed by atoms with Crippen LogP contribution in [0.15, 0.2) is 194 Å². The Bertz CT molecular complexity index is 3130. The molecule has 2 heterocycles. The maximum atomic E-state index is 8.75. The van der Waals surface area contributed by atoms with Gasteiger partial charge in [0.2, 0.25) is 0 Å². The zero-order valence-corrected chi connectivity index (χ0v) is 27.0. The summed E-state index contributed by atoms with van der Waals surface area (Å²) in [6.07, 6.45) is 0. The SMILES string of the molecule is [2H]c1c([2H])c([2H])c(-n2c3ccccc3c3cc(-c4ccc5c(c4)c4ccccc4n5-c4cccc(-c5cccc(-c6ccccc6)c5)c4)ccc32)c([2H])c1[2H]. The van der Waals surface area contributed by atoms with Crippen molar-refractivity contribution in [1.82, 2.24) is 9.13 Å². The molecule has 0 aliphatic rings. The lowest BCUT2D eigenvalue weighted by Gasteiger charge is -2.12. The molecule has 0 N–H and O–H groups in total. The van der Waals surface area contributed by atoms with Gasteiger partial charge in [-0.15, -0.1) is 0 Å². The number of benzene rings is 8. The molecule has 234 valence electrons. The van der Waals surface area contributed by atoms with Crippen LogP contribution in [-0.2, 0) is 0 Å². The van der Waals surface area contributed by atoms with Crippen molar-refractivity contribution >= 4 is 43.6 Å². The third-order valence-corrected chi connectivity index (χ3v) is 9.80. The van der Waals surface area contributed by atoms with E-state index in [1.165, 1.54) is 11.1 Å². The number of aromatic nitrogens is 2. The molecular formula is C48H32N2. The molecule has 0 fully saturated rings. The molecule has 2 nitrogen and oxygen atoms in total. The molecule has 0 aliphatic carbocycles. The van der Waals surface area contributed by atoms with Gasteiger partial charge >= 0.3 is 0 Å². The molecule has 50 heavy (non-hydrogen) atoms. The fourth-order valence-corrected chi connectivity index (χ4v) is 7.51. The van der Waals surface area contributed by atoms with Crippen molar-refractivity contribution in [2.45, 2.75) is 0 Å². The summed E-state index contributed by atoms with van der Waals surface area (Å²) in [5.41, 5.74) is 11.8. The molecule has 0 saturated heterocycles. The van der Waals surface area contributed by atoms with Gasteiger partial charge in [0.15, 0.2) is 0 Å². The van der Waals surface area contributed by atoms with E-state index in [2.05, 4.69) is 132 Å². The largest absolute Gasteiger partial charge is 0.309 e. The minimum atomic E-state index is -0.403. The molecular weight excluding hydrogens is 605 g/mol. The Morgan fingerprint density at radius 1 is 0.300 bits per heavy atom. The first-order chi connectivity index (χ1) is 26.9. The second-order valence-electron chi connectivity index (χ2n) is 12.6. The fraction of sp³-hybridized carbons (Fsp3) is 0. The van der Waals surface area contributed by atoms with Crippen molar-refractivity contribution in [3.05, 3.63) is 194 Å². The van der Waals surface area contributed by atoms with Crippen LogP contribution in [0.1, 0.15) is 6.85 Å². The first-order valence-electron chi connectivity index (χ1n) is 19.3. The van der Waals surface area contributed by atoms with Gasteiger partial charge in [0.25, 0.3) is 0 Å². The lowest BCUT2D eigenvalue weighted by Crippen LogP contribution is -1.94. The van der Waals surface area contributed by atoms with E-state index in [4.69, 9.17) is 6.85 Å². The summed E-state index contributed by atoms with van der Waals surface area (Å²) in [6, 6.07) is 55.6. The number of rotatable bonds is 5. The molecule has 10 aromatic rings. The zero-order valence-electron chi connectivity index (χ0n) is 32.0. The molecule has 0 radical (unpaired) electrons. The van der Waals surface area contributed by atoms with E-state index < -0.39 is 6.04 Å². The second kappa shape index (κ2) is 11.5. The quantitative estimate of drug-likeness (QED) is 0.177. The predicted molar refractivity (Wildman–Crippen MR) is 211 cm³/mol. The highest BCUT2D eigenvalue weighted by Crippen LogP contribution is 2.39. The minimum Gasteiger partial charge on any atom is -0.309 e. The first-order valence-corrected chi connectivity index (χ1v) is 16.8. The lowest BCUT2D eigenvalue weighted by atomic mass is 9.99. The maximum absolute atomic E-state index is 8.75. The van der Waals surface area contributed by atoms with Gasteiger partial charge in [-0.25, -0.2) is 0 Å². The van der Waals surface area contributed by atoms with Crippen LogP contribution in [0.25, 0.3) is 88.4 Å². The Morgan fingerprint density at radius 2 is 0.760 bits per heavy atom. The molecule has 0 aliphatic heterocycles. The summed E-state index contributed by atoms with van der Waals surface area (Å²) in [5, 5.41) is 4.19. The summed E-state index contributed by atoms with van der Waals surface area (Å²) in [6.45, 7) is 0. The van der Waals surface area contributed by atoms with Gasteiger partial charge in [0.05, 0.1) is 28.9 Å². The van der Waals surface area contributed by atoms with Crippen molar-refractivity contribution < 1.29 is 6.85 Å². The van der Waals surface area contributed by atoms with Crippen LogP contribution in [0, 0.1) is 0 Å². The van der Waals surface area contributed by atoms with Crippen LogP contribution in [0.2, 0.25) is 0 Å². The standard InChI is InChI=1S/C48H32N2/c1-3-13-33(14-4-1)34-15-11-16-35(29-34)36-17-12-20-40(30-36)50-46-24-10-8-22-42(46)44-32-38(26-28-48(44)50)37-25-27-47-43(31-37)41-21-7-9-23-45(41)49(47)39-18-5-2-6-19-39/h1-32H/i2D,5D,6D,18D,19D. The Balaban J connectivity index is 1.11.